The van der Waals surface area contributed by atoms with Gasteiger partial charge in [0.25, 0.3) is 0 Å². The van der Waals surface area contributed by atoms with E-state index in [9.17, 15) is 9.59 Å². The molecule has 8 heteroatoms. The van der Waals surface area contributed by atoms with Crippen molar-refractivity contribution in [3.8, 4) is 11.3 Å². The molecule has 5 N–H and O–H groups in total. The Labute approximate surface area is 386 Å². The summed E-state index contributed by atoms with van der Waals surface area (Å²) in [5, 5.41) is 3.55. The number of allylic oxidation sites excluding steroid dienone is 2. The van der Waals surface area contributed by atoms with Crippen LogP contribution in [0.4, 0.5) is 0 Å². The molecular weight excluding hydrogens is 793 g/mol. The third kappa shape index (κ3) is 8.66. The Morgan fingerprint density at radius 2 is 1.50 bits per heavy atom. The Morgan fingerprint density at radius 3 is 2.19 bits per heavy atom. The second-order valence-corrected chi connectivity index (χ2v) is 21.7. The Balaban J connectivity index is 0.00000132. The fourth-order valence-electron chi connectivity index (χ4n) is 14.9. The van der Waals surface area contributed by atoms with Crippen LogP contribution in [-0.4, -0.2) is 27.9 Å². The molecule has 8 nitrogen and oxygen atoms in total. The normalized spacial score (nSPS) is 35.9. The lowest BCUT2D eigenvalue weighted by molar-refractivity contribution is -0.205. The second-order valence-electron chi connectivity index (χ2n) is 21.7. The molecule has 0 bridgehead atoms. The number of amides is 1. The monoisotopic (exact) mass is 875 g/mol. The van der Waals surface area contributed by atoms with Gasteiger partial charge in [-0.2, -0.15) is 0 Å². The van der Waals surface area contributed by atoms with Crippen molar-refractivity contribution in [2.24, 2.45) is 69.5 Å². The Morgan fingerprint density at radius 1 is 0.859 bits per heavy atom. The van der Waals surface area contributed by atoms with Crippen LogP contribution in [0.2, 0.25) is 0 Å². The minimum atomic E-state index is -0.603. The Hall–Kier alpha value is -4.17. The molecule has 0 radical (unpaired) electrons. The molecule has 6 aliphatic carbocycles. The first-order valence-corrected chi connectivity index (χ1v) is 24.2. The number of hydrogen-bond donors (Lipinski definition) is 3. The summed E-state index contributed by atoms with van der Waals surface area (Å²) in [4.78, 5) is 36.7. The number of esters is 1. The minimum absolute atomic E-state index is 0. The molecule has 1 amide bonds. The maximum Gasteiger partial charge on any atom is 0.309 e. The van der Waals surface area contributed by atoms with Crippen molar-refractivity contribution < 1.29 is 19.1 Å². The number of fused-ring (bicyclic) bond motifs is 7. The Bertz CT molecular complexity index is 2080. The number of nitrogens with zero attached hydrogens (tertiary/aromatic N) is 1. The fraction of sp³-hybridized carbons (Fsp3) is 0.625. The van der Waals surface area contributed by atoms with Crippen LogP contribution >= 0.6 is 0 Å². The highest BCUT2D eigenvalue weighted by Crippen LogP contribution is 2.72. The summed E-state index contributed by atoms with van der Waals surface area (Å²) in [6.45, 7) is 24.0. The molecule has 2 aromatic carbocycles. The van der Waals surface area contributed by atoms with E-state index in [0.717, 1.165) is 73.4 Å². The number of rotatable bonds is 10. The number of benzene rings is 2. The van der Waals surface area contributed by atoms with Gasteiger partial charge in [-0.15, -0.1) is 6.58 Å². The number of carbonyl (C=O) groups excluding carboxylic acids is 2. The van der Waals surface area contributed by atoms with E-state index in [2.05, 4.69) is 89.3 Å². The number of H-pyrrole nitrogens is 1. The smallest absolute Gasteiger partial charge is 0.309 e. The number of aromatic amines is 1. The van der Waals surface area contributed by atoms with Crippen LogP contribution in [0.5, 0.6) is 0 Å². The zero-order valence-electron chi connectivity index (χ0n) is 39.6. The largest absolute Gasteiger partial charge is 0.494 e. The first-order valence-electron chi connectivity index (χ1n) is 24.2. The summed E-state index contributed by atoms with van der Waals surface area (Å²) in [6, 6.07) is 20.5. The lowest BCUT2D eigenvalue weighted by atomic mass is 9.37. The zero-order chi connectivity index (χ0) is 44.0. The molecule has 3 aromatic rings. The van der Waals surface area contributed by atoms with Gasteiger partial charge in [-0.25, -0.2) is 4.98 Å². The van der Waals surface area contributed by atoms with Crippen LogP contribution in [0.3, 0.4) is 0 Å². The molecule has 1 aromatic heterocycles. The molecule has 6 aliphatic rings. The van der Waals surface area contributed by atoms with Crippen molar-refractivity contribution in [3.63, 3.8) is 0 Å². The summed E-state index contributed by atoms with van der Waals surface area (Å²) >= 11 is 0. The molecule has 0 spiro atoms. The number of nitrogens with one attached hydrogen (secondary N) is 2. The van der Waals surface area contributed by atoms with Crippen LogP contribution in [0.15, 0.2) is 91.9 Å². The minimum Gasteiger partial charge on any atom is -0.494 e. The molecule has 64 heavy (non-hydrogen) atoms. The SMILES string of the molecule is C.C=C(OCc1ccccc1)C1CC(C(=O)OC2CCC3(C)C(CCC4(C)C5CCC6(C(=O)NC(C)(C)c7ncc(-c8ccccc8)[nH]7)CCCC6C5CCC34)C2C)C1C.C=CC.N. The van der Waals surface area contributed by atoms with Gasteiger partial charge in [-0.05, 0) is 155 Å². The van der Waals surface area contributed by atoms with Crippen molar-refractivity contribution in [1.82, 2.24) is 21.4 Å². The first-order chi connectivity index (χ1) is 29.7. The van der Waals surface area contributed by atoms with Gasteiger partial charge in [0.05, 0.1) is 34.5 Å². The average molecular weight is 875 g/mol. The van der Waals surface area contributed by atoms with Crippen molar-refractivity contribution in [1.29, 1.82) is 0 Å². The second kappa shape index (κ2) is 19.4. The van der Waals surface area contributed by atoms with Gasteiger partial charge in [0.1, 0.15) is 18.5 Å². The first kappa shape index (κ1) is 49.3. The van der Waals surface area contributed by atoms with Crippen LogP contribution in [0.25, 0.3) is 11.3 Å². The van der Waals surface area contributed by atoms with E-state index < -0.39 is 5.54 Å². The van der Waals surface area contributed by atoms with E-state index in [1.165, 1.54) is 32.1 Å². The van der Waals surface area contributed by atoms with E-state index in [-0.39, 0.29) is 65.6 Å². The average Bonchev–Trinajstić information content (AvgIpc) is 3.95. The maximum absolute atomic E-state index is 14.7. The predicted octanol–water partition coefficient (Wildman–Crippen LogP) is 13.4. The maximum atomic E-state index is 14.7. The van der Waals surface area contributed by atoms with Crippen LogP contribution in [0.1, 0.15) is 144 Å². The highest BCUT2D eigenvalue weighted by atomic mass is 16.5. The topological polar surface area (TPSA) is 128 Å². The molecule has 0 aliphatic heterocycles. The number of aromatic nitrogens is 2. The summed E-state index contributed by atoms with van der Waals surface area (Å²) in [7, 11) is 0. The summed E-state index contributed by atoms with van der Waals surface area (Å²) in [6.07, 6.45) is 16.9. The van der Waals surface area contributed by atoms with E-state index >= 15 is 0 Å². The number of ether oxygens (including phenoxy) is 2. The van der Waals surface area contributed by atoms with E-state index in [1.807, 2.05) is 49.5 Å². The standard InChI is InChI=1S/C52H69N3O4.C3H6.CH4.H3N/c1-32-38(34(3)58-31-35-15-10-8-11-16-35)29-39(32)46(56)59-44-24-27-50(6)40(33(44)2)22-26-51(7)41-23-28-52(25-14-19-42(52)37(41)20-21-45(50)51)48(57)55-49(4,5)47-53-30-43(54-47)36-17-12-9-13-18-36;1-3-2;;/h8-13,15-18,30,32-33,37-42,44-45H,3,14,19-29,31H2,1-2,4-7H3,(H,53,54)(H,55,57);3H,1H2,2H3;1H4;1H3. The van der Waals surface area contributed by atoms with Gasteiger partial charge in [0, 0.05) is 5.92 Å². The van der Waals surface area contributed by atoms with Crippen molar-refractivity contribution in [3.05, 3.63) is 103 Å². The van der Waals surface area contributed by atoms with Gasteiger partial charge < -0.3 is 25.9 Å². The molecular formula is C56H82N4O4. The number of imidazole rings is 1. The van der Waals surface area contributed by atoms with Crippen LogP contribution < -0.4 is 11.5 Å². The number of hydrogen-bond acceptors (Lipinski definition) is 6. The lowest BCUT2D eigenvalue weighted by Crippen LogP contribution is -2.62. The van der Waals surface area contributed by atoms with Crippen LogP contribution in [0, 0.1) is 69.5 Å². The predicted molar refractivity (Wildman–Crippen MR) is 260 cm³/mol. The van der Waals surface area contributed by atoms with Crippen molar-refractivity contribution in [2.75, 3.05) is 0 Å². The van der Waals surface area contributed by atoms with Gasteiger partial charge >= 0.3 is 5.97 Å². The van der Waals surface area contributed by atoms with Gasteiger partial charge in [-0.3, -0.25) is 9.59 Å². The zero-order valence-corrected chi connectivity index (χ0v) is 39.6. The highest BCUT2D eigenvalue weighted by molar-refractivity contribution is 5.84. The third-order valence-electron chi connectivity index (χ3n) is 18.2. The van der Waals surface area contributed by atoms with E-state index in [1.54, 1.807) is 6.08 Å². The fourth-order valence-corrected chi connectivity index (χ4v) is 14.9. The van der Waals surface area contributed by atoms with E-state index in [0.29, 0.717) is 42.1 Å². The molecule has 350 valence electrons. The summed E-state index contributed by atoms with van der Waals surface area (Å²) in [5.74, 6) is 5.44. The lowest BCUT2D eigenvalue weighted by Gasteiger charge is -2.67. The molecule has 6 fully saturated rings. The quantitative estimate of drug-likeness (QED) is 0.106. The Kier molecular flexibility index (Phi) is 14.9. The molecule has 0 saturated heterocycles. The van der Waals surface area contributed by atoms with Gasteiger partial charge in [0.2, 0.25) is 5.91 Å². The highest BCUT2D eigenvalue weighted by Gasteiger charge is 2.66. The third-order valence-corrected chi connectivity index (χ3v) is 18.2. The van der Waals surface area contributed by atoms with Crippen molar-refractivity contribution >= 4 is 11.9 Å². The molecule has 13 unspecified atom stereocenters. The summed E-state index contributed by atoms with van der Waals surface area (Å²) < 4.78 is 12.6. The van der Waals surface area contributed by atoms with Gasteiger partial charge in [0.15, 0.2) is 0 Å². The molecule has 9 rings (SSSR count). The van der Waals surface area contributed by atoms with Crippen molar-refractivity contribution in [2.45, 2.75) is 151 Å². The molecule has 13 atom stereocenters. The van der Waals surface area contributed by atoms with E-state index in [4.69, 9.17) is 14.5 Å². The summed E-state index contributed by atoms with van der Waals surface area (Å²) in [5.41, 5.74) is 2.84. The van der Waals surface area contributed by atoms with Crippen LogP contribution in [-0.2, 0) is 31.2 Å². The van der Waals surface area contributed by atoms with Gasteiger partial charge in [-0.1, -0.05) is 115 Å². The molecule has 6 saturated carbocycles. The number of carbonyl (C=O) groups is 2. The molecule has 1 heterocycles.